The van der Waals surface area contributed by atoms with Crippen LogP contribution in [0.15, 0.2) is 97.3 Å². The summed E-state index contributed by atoms with van der Waals surface area (Å²) >= 11 is 0. The molecule has 6 heterocycles. The van der Waals surface area contributed by atoms with Gasteiger partial charge in [-0.15, -0.1) is 0 Å². The van der Waals surface area contributed by atoms with Crippen LogP contribution in [-0.4, -0.2) is 145 Å². The quantitative estimate of drug-likeness (QED) is 0.0192. The first-order valence-corrected chi connectivity index (χ1v) is 41.5. The highest BCUT2D eigenvalue weighted by Crippen LogP contribution is 2.53. The molecule has 4 aliphatic rings. The molecular weight excluding hydrogens is 1560 g/mol. The van der Waals surface area contributed by atoms with Gasteiger partial charge in [-0.1, -0.05) is 125 Å². The van der Waals surface area contributed by atoms with Crippen molar-refractivity contribution in [3.8, 4) is 23.6 Å². The third-order valence-electron chi connectivity index (χ3n) is 20.7. The number of nitrogens with one attached hydrogen (secondary N) is 2. The second kappa shape index (κ2) is 35.2. The predicted octanol–water partition coefficient (Wildman–Crippen LogP) is 12.2. The van der Waals surface area contributed by atoms with Gasteiger partial charge in [-0.3, -0.25) is 37.8 Å². The van der Waals surface area contributed by atoms with Crippen LogP contribution in [0.3, 0.4) is 0 Å². The van der Waals surface area contributed by atoms with E-state index in [0.29, 0.717) is 10.8 Å². The lowest BCUT2D eigenvalue weighted by Gasteiger charge is -2.30. The first-order chi connectivity index (χ1) is 54.7. The predicted molar refractivity (Wildman–Crippen MR) is 410 cm³/mol. The number of nitrogens with two attached hydrogens (primary N) is 2. The number of nitrogens with zero attached hydrogens (tertiary/aromatic N) is 8. The molecule has 7 aromatic rings. The molecule has 12 atom stereocenters. The number of nitriles is 2. The first kappa shape index (κ1) is 87.0. The number of benzene rings is 3. The Labute approximate surface area is 667 Å². The molecule has 624 valence electrons. The zero-order valence-corrected chi connectivity index (χ0v) is 68.3. The molecule has 0 spiro atoms. The van der Waals surface area contributed by atoms with Crippen LogP contribution in [0.1, 0.15) is 170 Å². The Morgan fingerprint density at radius 3 is 1.51 bits per heavy atom. The number of rotatable bonds is 29. The van der Waals surface area contributed by atoms with Gasteiger partial charge in [0.15, 0.2) is 41.9 Å². The van der Waals surface area contributed by atoms with Gasteiger partial charge in [-0.05, 0) is 124 Å². The van der Waals surface area contributed by atoms with Crippen LogP contribution in [0.4, 0.5) is 24.8 Å². The molecule has 37 heteroatoms. The van der Waals surface area contributed by atoms with Crippen molar-refractivity contribution in [3.05, 3.63) is 120 Å². The summed E-state index contributed by atoms with van der Waals surface area (Å²) in [5, 5.41) is 38.8. The summed E-state index contributed by atoms with van der Waals surface area (Å²) < 4.78 is 149. The van der Waals surface area contributed by atoms with Gasteiger partial charge in [-0.25, -0.2) is 28.1 Å². The molecule has 0 amide bonds. The van der Waals surface area contributed by atoms with E-state index in [1.807, 2.05) is 20.8 Å². The van der Waals surface area contributed by atoms with Gasteiger partial charge in [0.1, 0.15) is 77.5 Å². The largest absolute Gasteiger partial charge is 0.461 e. The number of hydrogen-bond donors (Lipinski definition) is 4. The lowest BCUT2D eigenvalue weighted by molar-refractivity contribution is -0.189. The molecule has 116 heavy (non-hydrogen) atoms. The Hall–Kier alpha value is -9.83. The normalized spacial score (nSPS) is 25.4. The molecule has 6 N–H and O–H groups in total. The number of carbonyl (C=O) groups is 6. The Balaban J connectivity index is 0.842. The lowest BCUT2D eigenvalue weighted by atomic mass is 9.87. The van der Waals surface area contributed by atoms with Gasteiger partial charge < -0.3 is 58.4 Å². The average Bonchev–Trinajstić information content (AvgIpc) is 1.57. The van der Waals surface area contributed by atoms with E-state index in [2.05, 4.69) is 37.4 Å². The summed E-state index contributed by atoms with van der Waals surface area (Å²) in [6, 6.07) is 25.7. The van der Waals surface area contributed by atoms with Crippen molar-refractivity contribution < 1.29 is 107 Å². The summed E-state index contributed by atoms with van der Waals surface area (Å²) in [6.07, 6.45) is -14.8. The van der Waals surface area contributed by atoms with Crippen LogP contribution >= 0.6 is 15.5 Å². The fourth-order valence-corrected chi connectivity index (χ4v) is 17.1. The maximum absolute atomic E-state index is 15.7. The number of ether oxygens (including phenoxy) is 8. The smallest absolute Gasteiger partial charge is 0.459 e. The minimum absolute atomic E-state index is 0.00423. The third kappa shape index (κ3) is 19.1. The second-order valence-corrected chi connectivity index (χ2v) is 35.1. The number of fused-ring (bicyclic) bond motifs is 3. The summed E-state index contributed by atoms with van der Waals surface area (Å²) in [4.78, 5) is 92.2. The summed E-state index contributed by atoms with van der Waals surface area (Å²) in [5.74, 6) is -10.3. The van der Waals surface area contributed by atoms with Crippen molar-refractivity contribution >= 4 is 84.8 Å². The molecule has 4 aromatic heterocycles. The number of nitrogen functional groups attached to an aromatic ring is 2. The zero-order valence-electron chi connectivity index (χ0n) is 66.5. The van der Waals surface area contributed by atoms with Crippen LogP contribution in [0.25, 0.3) is 21.8 Å². The molecule has 11 rings (SSSR count). The van der Waals surface area contributed by atoms with Crippen molar-refractivity contribution in [2.75, 3.05) is 24.7 Å². The molecule has 2 aliphatic heterocycles. The summed E-state index contributed by atoms with van der Waals surface area (Å²) in [5.41, 5.74) is 9.01. The highest BCUT2D eigenvalue weighted by molar-refractivity contribution is 7.52. The molecular formula is C79H97F3N12O20P2. The van der Waals surface area contributed by atoms with Crippen molar-refractivity contribution in [1.82, 2.24) is 39.4 Å². The van der Waals surface area contributed by atoms with E-state index >= 15 is 9.13 Å². The number of aromatic nitrogens is 6. The molecule has 2 unspecified atom stereocenters. The van der Waals surface area contributed by atoms with Gasteiger partial charge in [0.2, 0.25) is 11.2 Å². The standard InChI is InChI=1S/C79H97F3N12O20P2/c1-42(2)70(95)107-63-60(111-77(39-83,65(63)109-72(97)44(5)6)61-35-33-56-67(85)87-41-88-93(56)61)38-104-116(102,114-58-20-16-18-48-17-14-15-19-55(48)58)92-47(10)75(100)105-52-27-21-49(22-28-52)69-89-68(86)57-34-36-62(94(57)90-69)78(40-84)66(110-73(98)45(7)8)64(108-71(96)43(3)4)59(112-78)37-103-115(101,113-54-31-23-50(24-32-54)76(11,12)13)91-46(9)74(99)106-53-29-25-51(26-30-53)79(80,81)82/h14-20,23-24,31-36,41-47,49,51-53,59-60,63-66H,21-22,25-30,37-38H2,1-13H3,(H,91,101)(H,92,102)(H2,85,87,88)(H2,86,89,90)/t46-,47-,49?,51?,52?,53?,59+,60+,63+,64+,65+,66+,77-,78-,115?,116?/m0/s1. The molecule has 0 radical (unpaired) electrons. The van der Waals surface area contributed by atoms with Crippen molar-refractivity contribution in [2.24, 2.45) is 29.6 Å². The molecule has 2 aliphatic carbocycles. The molecule has 2 saturated heterocycles. The van der Waals surface area contributed by atoms with Gasteiger partial charge in [-0.2, -0.15) is 44.1 Å². The molecule has 4 fully saturated rings. The average molecular weight is 1650 g/mol. The van der Waals surface area contributed by atoms with Crippen LogP contribution in [0.2, 0.25) is 0 Å². The van der Waals surface area contributed by atoms with Gasteiger partial charge >= 0.3 is 57.5 Å². The fourth-order valence-electron chi connectivity index (χ4n) is 14.1. The monoisotopic (exact) mass is 1650 g/mol. The number of esters is 6. The van der Waals surface area contributed by atoms with E-state index in [0.717, 1.165) is 11.9 Å². The highest BCUT2D eigenvalue weighted by Gasteiger charge is 2.65. The second-order valence-electron chi connectivity index (χ2n) is 31.8. The Kier molecular flexibility index (Phi) is 26.4. The maximum atomic E-state index is 15.7. The minimum atomic E-state index is -4.90. The fraction of sp³-hybridized carbons (Fsp3) is 0.544. The lowest BCUT2D eigenvalue weighted by Crippen LogP contribution is -2.47. The Bertz CT molecular complexity index is 4970. The number of alkyl halides is 3. The van der Waals surface area contributed by atoms with E-state index < -0.39 is 178 Å². The number of carbonyl (C=O) groups excluding carboxylic acids is 6. The zero-order chi connectivity index (χ0) is 84.3. The SMILES string of the molecule is CC(C)C(=O)O[C@H]1[C@@H](OC(=O)C(C)C)[C@](C#N)(c2ccc3c(N)ncnn23)O[C@@H]1COP(=O)(N[C@@H](C)C(=O)OC1CCC(c2nc(N)c3ccc([C@]4(C#N)O[C@H](COP(=O)(N[C@@H](C)C(=O)OC5CCC(C(F)(F)F)CC5)Oc5ccc(C(C)(C)C)cc5)[C@@H](OC(=O)C(C)C)[C@H]4OC(=O)C(C)C)n3n2)CC1)Oc1cccc2ccccc12. The topological polar surface area (TPSA) is 431 Å². The van der Waals surface area contributed by atoms with E-state index in [1.54, 1.807) is 76.2 Å². The molecule has 2 saturated carbocycles. The number of halogens is 3. The van der Waals surface area contributed by atoms with Crippen molar-refractivity contribution in [2.45, 2.75) is 231 Å². The highest BCUT2D eigenvalue weighted by atomic mass is 31.2. The van der Waals surface area contributed by atoms with Crippen LogP contribution < -0.4 is 30.7 Å². The number of anilines is 2. The van der Waals surface area contributed by atoms with Crippen LogP contribution in [0.5, 0.6) is 11.5 Å². The molecule has 0 bridgehead atoms. The van der Waals surface area contributed by atoms with Gasteiger partial charge in [0.05, 0.1) is 54.2 Å². The summed E-state index contributed by atoms with van der Waals surface area (Å²) in [7, 11) is -9.79. The molecule has 3 aromatic carbocycles. The Morgan fingerprint density at radius 2 is 1.03 bits per heavy atom. The van der Waals surface area contributed by atoms with Crippen molar-refractivity contribution in [1.29, 1.82) is 10.5 Å². The first-order valence-electron chi connectivity index (χ1n) is 38.4. The molecule has 32 nitrogen and oxygen atoms in total. The third-order valence-corrected chi connectivity index (χ3v) is 24.0. The van der Waals surface area contributed by atoms with E-state index in [4.69, 9.17) is 72.6 Å². The van der Waals surface area contributed by atoms with E-state index in [9.17, 15) is 52.5 Å². The minimum Gasteiger partial charge on any atom is -0.461 e. The van der Waals surface area contributed by atoms with Crippen molar-refractivity contribution in [3.63, 3.8) is 0 Å². The maximum Gasteiger partial charge on any atom is 0.459 e. The van der Waals surface area contributed by atoms with E-state index in [-0.39, 0.29) is 108 Å². The van der Waals surface area contributed by atoms with E-state index in [1.165, 1.54) is 93.0 Å². The summed E-state index contributed by atoms with van der Waals surface area (Å²) in [6.45, 7) is 19.3. The van der Waals surface area contributed by atoms with Crippen LogP contribution in [0, 0.1) is 52.3 Å². The van der Waals surface area contributed by atoms with Gasteiger partial charge in [0.25, 0.3) is 0 Å². The van der Waals surface area contributed by atoms with Gasteiger partial charge in [0, 0.05) is 11.3 Å². The Morgan fingerprint density at radius 1 is 0.569 bits per heavy atom. The number of hydrogen-bond acceptors (Lipinski definition) is 28. The van der Waals surface area contributed by atoms with Crippen LogP contribution in [-0.2, 0) is 101 Å².